The number of anilines is 2. The van der Waals surface area contributed by atoms with E-state index in [4.69, 9.17) is 11.6 Å². The number of sulfonamides is 1. The van der Waals surface area contributed by atoms with E-state index in [1.165, 1.54) is 6.07 Å². The van der Waals surface area contributed by atoms with E-state index in [0.29, 0.717) is 41.6 Å². The lowest BCUT2D eigenvalue weighted by Crippen LogP contribution is -2.36. The van der Waals surface area contributed by atoms with E-state index < -0.39 is 10.0 Å². The van der Waals surface area contributed by atoms with Crippen molar-refractivity contribution in [2.45, 2.75) is 44.9 Å². The second-order valence-electron chi connectivity index (χ2n) is 7.54. The van der Waals surface area contributed by atoms with Gasteiger partial charge in [-0.05, 0) is 67.1 Å². The first-order valence-electron chi connectivity index (χ1n) is 9.40. The van der Waals surface area contributed by atoms with Crippen molar-refractivity contribution in [3.63, 3.8) is 0 Å². The monoisotopic (exact) mass is 420 g/mol. The number of hydrogen-bond acceptors (Lipinski definition) is 3. The third kappa shape index (κ3) is 4.33. The first-order valence-corrected chi connectivity index (χ1v) is 11.3. The van der Waals surface area contributed by atoms with Crippen LogP contribution in [0.15, 0.2) is 41.3 Å². The number of benzene rings is 2. The van der Waals surface area contributed by atoms with Gasteiger partial charge in [-0.2, -0.15) is 0 Å². The van der Waals surface area contributed by atoms with Gasteiger partial charge in [-0.1, -0.05) is 31.5 Å². The van der Waals surface area contributed by atoms with Crippen molar-refractivity contribution in [3.8, 4) is 0 Å². The number of amides is 1. The molecule has 5 nitrogen and oxygen atoms in total. The Morgan fingerprint density at radius 2 is 1.93 bits per heavy atom. The van der Waals surface area contributed by atoms with Gasteiger partial charge in [-0.15, -0.1) is 0 Å². The van der Waals surface area contributed by atoms with Crippen molar-refractivity contribution in [2.24, 2.45) is 5.92 Å². The molecule has 1 amide bonds. The Morgan fingerprint density at radius 1 is 1.18 bits per heavy atom. The number of aryl methyl sites for hydroxylation is 1. The summed E-state index contributed by atoms with van der Waals surface area (Å²) in [6.07, 6.45) is 1.97. The summed E-state index contributed by atoms with van der Waals surface area (Å²) in [6, 6.07) is 10.2. The molecule has 28 heavy (non-hydrogen) atoms. The number of nitrogens with zero attached hydrogens (tertiary/aromatic N) is 1. The predicted octanol–water partition coefficient (Wildman–Crippen LogP) is 4.77. The van der Waals surface area contributed by atoms with Gasteiger partial charge in [0.05, 0.1) is 4.90 Å². The van der Waals surface area contributed by atoms with Crippen molar-refractivity contribution < 1.29 is 13.2 Å². The van der Waals surface area contributed by atoms with Crippen molar-refractivity contribution in [1.82, 2.24) is 0 Å². The highest BCUT2D eigenvalue weighted by Gasteiger charge is 2.25. The maximum Gasteiger partial charge on any atom is 0.262 e. The summed E-state index contributed by atoms with van der Waals surface area (Å²) in [5.41, 5.74) is 2.85. The zero-order chi connectivity index (χ0) is 20.5. The van der Waals surface area contributed by atoms with E-state index in [2.05, 4.69) is 18.6 Å². The molecule has 0 saturated heterocycles. The minimum atomic E-state index is -3.75. The van der Waals surface area contributed by atoms with Crippen LogP contribution in [0.5, 0.6) is 0 Å². The van der Waals surface area contributed by atoms with Crippen LogP contribution in [0, 0.1) is 12.8 Å². The lowest BCUT2D eigenvalue weighted by atomic mass is 9.99. The SMILES string of the molecule is Cc1c(Cl)cccc1S(=O)(=O)Nc1ccc2c(c1)CCC(=O)N2CCC(C)C. The minimum absolute atomic E-state index is 0.121. The summed E-state index contributed by atoms with van der Waals surface area (Å²) in [5.74, 6) is 0.626. The molecule has 0 bridgehead atoms. The molecule has 2 aromatic carbocycles. The third-order valence-electron chi connectivity index (χ3n) is 4.97. The molecule has 0 fully saturated rings. The van der Waals surface area contributed by atoms with Crippen LogP contribution in [0.2, 0.25) is 5.02 Å². The summed E-state index contributed by atoms with van der Waals surface area (Å²) >= 11 is 6.07. The molecular formula is C21H25ClN2O3S. The van der Waals surface area contributed by atoms with Crippen LogP contribution in [0.3, 0.4) is 0 Å². The van der Waals surface area contributed by atoms with E-state index in [9.17, 15) is 13.2 Å². The number of carbonyl (C=O) groups is 1. The summed E-state index contributed by atoms with van der Waals surface area (Å²) in [7, 11) is -3.75. The van der Waals surface area contributed by atoms with E-state index in [1.54, 1.807) is 25.1 Å². The molecule has 0 unspecified atom stereocenters. The normalized spacial score (nSPS) is 14.3. The van der Waals surface area contributed by atoms with Gasteiger partial charge >= 0.3 is 0 Å². The number of halogens is 1. The largest absolute Gasteiger partial charge is 0.312 e. The van der Waals surface area contributed by atoms with Crippen LogP contribution in [-0.4, -0.2) is 20.9 Å². The van der Waals surface area contributed by atoms with Crippen LogP contribution >= 0.6 is 11.6 Å². The fourth-order valence-corrected chi connectivity index (χ4v) is 4.89. The van der Waals surface area contributed by atoms with Crippen molar-refractivity contribution in [3.05, 3.63) is 52.5 Å². The van der Waals surface area contributed by atoms with Gasteiger partial charge in [0.1, 0.15) is 0 Å². The highest BCUT2D eigenvalue weighted by atomic mass is 35.5. The second kappa shape index (κ2) is 8.13. The van der Waals surface area contributed by atoms with Gasteiger partial charge in [0.15, 0.2) is 0 Å². The van der Waals surface area contributed by atoms with Crippen LogP contribution < -0.4 is 9.62 Å². The molecule has 1 heterocycles. The van der Waals surface area contributed by atoms with Crippen LogP contribution in [0.4, 0.5) is 11.4 Å². The van der Waals surface area contributed by atoms with Gasteiger partial charge in [-0.25, -0.2) is 8.42 Å². The smallest absolute Gasteiger partial charge is 0.262 e. The lowest BCUT2D eigenvalue weighted by molar-refractivity contribution is -0.118. The molecule has 2 aromatic rings. The van der Waals surface area contributed by atoms with Gasteiger partial charge in [0, 0.05) is 29.4 Å². The third-order valence-corrected chi connectivity index (χ3v) is 6.90. The molecule has 1 aliphatic rings. The Morgan fingerprint density at radius 3 is 2.64 bits per heavy atom. The Hall–Kier alpha value is -2.05. The van der Waals surface area contributed by atoms with Crippen LogP contribution in [-0.2, 0) is 21.2 Å². The van der Waals surface area contributed by atoms with Crippen LogP contribution in [0.25, 0.3) is 0 Å². The molecule has 0 aromatic heterocycles. The predicted molar refractivity (Wildman–Crippen MR) is 114 cm³/mol. The van der Waals surface area contributed by atoms with Crippen molar-refractivity contribution in [2.75, 3.05) is 16.2 Å². The summed E-state index contributed by atoms with van der Waals surface area (Å²) < 4.78 is 28.2. The number of carbonyl (C=O) groups excluding carboxylic acids is 1. The summed E-state index contributed by atoms with van der Waals surface area (Å²) in [6.45, 7) is 6.62. The molecule has 0 saturated carbocycles. The topological polar surface area (TPSA) is 66.5 Å². The van der Waals surface area contributed by atoms with Gasteiger partial charge < -0.3 is 4.90 Å². The first kappa shape index (κ1) is 20.7. The van der Waals surface area contributed by atoms with Crippen molar-refractivity contribution in [1.29, 1.82) is 0 Å². The molecule has 150 valence electrons. The fourth-order valence-electron chi connectivity index (χ4n) is 3.34. The molecule has 0 radical (unpaired) electrons. The van der Waals surface area contributed by atoms with E-state index in [0.717, 1.165) is 17.7 Å². The number of hydrogen-bond donors (Lipinski definition) is 1. The van der Waals surface area contributed by atoms with E-state index in [-0.39, 0.29) is 10.8 Å². The zero-order valence-electron chi connectivity index (χ0n) is 16.3. The highest BCUT2D eigenvalue weighted by Crippen LogP contribution is 2.32. The first-order chi connectivity index (χ1) is 13.2. The molecule has 1 N–H and O–H groups in total. The second-order valence-corrected chi connectivity index (χ2v) is 9.60. The minimum Gasteiger partial charge on any atom is -0.312 e. The molecule has 7 heteroatoms. The standard InChI is InChI=1S/C21H25ClN2O3S/c1-14(2)11-12-24-19-9-8-17(13-16(19)7-10-21(24)25)23-28(26,27)20-6-4-5-18(22)15(20)3/h4-6,8-9,13-14,23H,7,10-12H2,1-3H3. The van der Waals surface area contributed by atoms with Gasteiger partial charge in [-0.3, -0.25) is 9.52 Å². The Kier molecular flexibility index (Phi) is 6.01. The average molecular weight is 421 g/mol. The van der Waals surface area contributed by atoms with Gasteiger partial charge in [0.25, 0.3) is 10.0 Å². The van der Waals surface area contributed by atoms with Gasteiger partial charge in [0.2, 0.25) is 5.91 Å². The molecule has 0 atom stereocenters. The molecule has 0 aliphatic carbocycles. The van der Waals surface area contributed by atoms with E-state index >= 15 is 0 Å². The van der Waals surface area contributed by atoms with E-state index in [1.807, 2.05) is 17.0 Å². The summed E-state index contributed by atoms with van der Waals surface area (Å²) in [5, 5.41) is 0.410. The Labute approximate surface area is 171 Å². The molecular weight excluding hydrogens is 396 g/mol. The molecule has 0 spiro atoms. The number of nitrogens with one attached hydrogen (secondary N) is 1. The number of rotatable bonds is 6. The molecule has 1 aliphatic heterocycles. The Bertz CT molecular complexity index is 1000. The maximum atomic E-state index is 12.8. The summed E-state index contributed by atoms with van der Waals surface area (Å²) in [4.78, 5) is 14.3. The fraction of sp³-hybridized carbons (Fsp3) is 0.381. The molecule has 3 rings (SSSR count). The number of fused-ring (bicyclic) bond motifs is 1. The lowest BCUT2D eigenvalue weighted by Gasteiger charge is -2.30. The van der Waals surface area contributed by atoms with Crippen molar-refractivity contribution >= 4 is 38.9 Å². The average Bonchev–Trinajstić information content (AvgIpc) is 2.62. The quantitative estimate of drug-likeness (QED) is 0.731. The zero-order valence-corrected chi connectivity index (χ0v) is 17.9. The Balaban J connectivity index is 1.87. The van der Waals surface area contributed by atoms with Crippen LogP contribution in [0.1, 0.15) is 37.8 Å². The maximum absolute atomic E-state index is 12.8. The highest BCUT2D eigenvalue weighted by molar-refractivity contribution is 7.92.